The molecule has 4 rings (SSSR count). The molecule has 3 aromatic heterocycles. The molecule has 0 bridgehead atoms. The van der Waals surface area contributed by atoms with Gasteiger partial charge in [-0.3, -0.25) is 4.57 Å². The SMILES string of the molecule is COc1ccc(CNc2nc(-n3ccnc3)nc3sc(C)c(Cl)c23)cc1OC. The van der Waals surface area contributed by atoms with E-state index in [0.29, 0.717) is 34.8 Å². The summed E-state index contributed by atoms with van der Waals surface area (Å²) in [5, 5.41) is 4.89. The maximum Gasteiger partial charge on any atom is 0.238 e. The van der Waals surface area contributed by atoms with E-state index in [4.69, 9.17) is 21.1 Å². The number of hydrogen-bond acceptors (Lipinski definition) is 7. The smallest absolute Gasteiger partial charge is 0.238 e. The van der Waals surface area contributed by atoms with Crippen molar-refractivity contribution in [2.75, 3.05) is 19.5 Å². The zero-order chi connectivity index (χ0) is 19.7. The number of fused-ring (bicyclic) bond motifs is 1. The second-order valence-electron chi connectivity index (χ2n) is 6.04. The zero-order valence-electron chi connectivity index (χ0n) is 15.6. The molecule has 0 saturated carbocycles. The highest BCUT2D eigenvalue weighted by Gasteiger charge is 2.17. The third-order valence-corrected chi connectivity index (χ3v) is 5.87. The lowest BCUT2D eigenvalue weighted by Crippen LogP contribution is -2.06. The van der Waals surface area contributed by atoms with Crippen molar-refractivity contribution in [3.05, 3.63) is 52.4 Å². The molecule has 28 heavy (non-hydrogen) atoms. The van der Waals surface area contributed by atoms with Crippen molar-refractivity contribution in [2.45, 2.75) is 13.5 Å². The number of halogens is 1. The number of benzene rings is 1. The number of thiophene rings is 1. The number of nitrogens with zero attached hydrogens (tertiary/aromatic N) is 4. The molecule has 0 aliphatic heterocycles. The van der Waals surface area contributed by atoms with E-state index < -0.39 is 0 Å². The molecule has 9 heteroatoms. The average Bonchev–Trinajstić information content (AvgIpc) is 3.34. The number of methoxy groups -OCH3 is 2. The second-order valence-corrected chi connectivity index (χ2v) is 7.62. The second kappa shape index (κ2) is 7.65. The number of rotatable bonds is 6. The molecular formula is C19H18ClN5O2S. The number of anilines is 1. The zero-order valence-corrected chi connectivity index (χ0v) is 17.1. The molecule has 1 N–H and O–H groups in total. The Balaban J connectivity index is 1.71. The van der Waals surface area contributed by atoms with E-state index in [-0.39, 0.29) is 0 Å². The van der Waals surface area contributed by atoms with Gasteiger partial charge in [0.15, 0.2) is 11.5 Å². The summed E-state index contributed by atoms with van der Waals surface area (Å²) in [5.41, 5.74) is 1.02. The Morgan fingerprint density at radius 2 is 2.00 bits per heavy atom. The Hall–Kier alpha value is -2.84. The van der Waals surface area contributed by atoms with Crippen molar-refractivity contribution in [3.63, 3.8) is 0 Å². The van der Waals surface area contributed by atoms with Gasteiger partial charge in [-0.25, -0.2) is 9.97 Å². The third kappa shape index (κ3) is 3.36. The summed E-state index contributed by atoms with van der Waals surface area (Å²) in [7, 11) is 3.24. The average molecular weight is 416 g/mol. The van der Waals surface area contributed by atoms with Crippen LogP contribution in [0.5, 0.6) is 11.5 Å². The molecule has 0 radical (unpaired) electrons. The summed E-state index contributed by atoms with van der Waals surface area (Å²) in [6.07, 6.45) is 5.17. The molecule has 1 aromatic carbocycles. The van der Waals surface area contributed by atoms with Crippen LogP contribution in [0.15, 0.2) is 36.9 Å². The van der Waals surface area contributed by atoms with Gasteiger partial charge >= 0.3 is 0 Å². The Labute approximate surface area is 170 Å². The number of imidazole rings is 1. The molecule has 144 valence electrons. The summed E-state index contributed by atoms with van der Waals surface area (Å²) in [5.74, 6) is 2.59. The quantitative estimate of drug-likeness (QED) is 0.501. The maximum absolute atomic E-state index is 6.53. The van der Waals surface area contributed by atoms with Gasteiger partial charge in [-0.1, -0.05) is 17.7 Å². The first-order valence-electron chi connectivity index (χ1n) is 8.50. The van der Waals surface area contributed by atoms with Crippen LogP contribution in [0, 0.1) is 6.92 Å². The number of aromatic nitrogens is 4. The van der Waals surface area contributed by atoms with Crippen LogP contribution < -0.4 is 14.8 Å². The molecular weight excluding hydrogens is 398 g/mol. The van der Waals surface area contributed by atoms with Gasteiger partial charge in [-0.2, -0.15) is 4.98 Å². The maximum atomic E-state index is 6.53. The van der Waals surface area contributed by atoms with Crippen molar-refractivity contribution in [1.29, 1.82) is 0 Å². The molecule has 0 fully saturated rings. The minimum atomic E-state index is 0.540. The Morgan fingerprint density at radius 3 is 2.71 bits per heavy atom. The summed E-state index contributed by atoms with van der Waals surface area (Å²) < 4.78 is 12.4. The van der Waals surface area contributed by atoms with Crippen LogP contribution in [0.2, 0.25) is 5.02 Å². The topological polar surface area (TPSA) is 74.1 Å². The van der Waals surface area contributed by atoms with Crippen LogP contribution in [0.4, 0.5) is 5.82 Å². The summed E-state index contributed by atoms with van der Waals surface area (Å²) in [4.78, 5) is 15.2. The number of aryl methyl sites for hydroxylation is 1. The van der Waals surface area contributed by atoms with Crippen molar-refractivity contribution in [1.82, 2.24) is 19.5 Å². The van der Waals surface area contributed by atoms with Gasteiger partial charge < -0.3 is 14.8 Å². The fraction of sp³-hybridized carbons (Fsp3) is 0.211. The molecule has 0 unspecified atom stereocenters. The molecule has 0 spiro atoms. The monoisotopic (exact) mass is 415 g/mol. The van der Waals surface area contributed by atoms with Crippen LogP contribution in [-0.2, 0) is 6.54 Å². The van der Waals surface area contributed by atoms with Crippen LogP contribution in [0.1, 0.15) is 10.4 Å². The minimum Gasteiger partial charge on any atom is -0.493 e. The highest BCUT2D eigenvalue weighted by Crippen LogP contribution is 2.38. The van der Waals surface area contributed by atoms with Crippen LogP contribution in [-0.4, -0.2) is 33.7 Å². The summed E-state index contributed by atoms with van der Waals surface area (Å²) >= 11 is 8.07. The summed E-state index contributed by atoms with van der Waals surface area (Å²) in [6.45, 7) is 2.52. The Morgan fingerprint density at radius 1 is 1.18 bits per heavy atom. The molecule has 3 heterocycles. The Bertz CT molecular complexity index is 1130. The van der Waals surface area contributed by atoms with Gasteiger partial charge in [0.1, 0.15) is 17.0 Å². The van der Waals surface area contributed by atoms with Crippen molar-refractivity contribution in [2.24, 2.45) is 0 Å². The lowest BCUT2D eigenvalue weighted by atomic mass is 10.2. The van der Waals surface area contributed by atoms with E-state index in [1.165, 1.54) is 0 Å². The highest BCUT2D eigenvalue weighted by molar-refractivity contribution is 7.19. The third-order valence-electron chi connectivity index (χ3n) is 4.29. The molecule has 0 amide bonds. The van der Waals surface area contributed by atoms with Crippen LogP contribution in [0.3, 0.4) is 0 Å². The predicted molar refractivity (Wildman–Crippen MR) is 111 cm³/mol. The van der Waals surface area contributed by atoms with Crippen LogP contribution >= 0.6 is 22.9 Å². The molecule has 0 aliphatic rings. The van der Waals surface area contributed by atoms with Gasteiger partial charge in [0.2, 0.25) is 5.95 Å². The summed E-state index contributed by atoms with van der Waals surface area (Å²) in [6, 6.07) is 5.79. The predicted octanol–water partition coefficient (Wildman–Crippen LogP) is 4.47. The number of ether oxygens (including phenoxy) is 2. The van der Waals surface area contributed by atoms with Gasteiger partial charge in [0.05, 0.1) is 24.6 Å². The lowest BCUT2D eigenvalue weighted by Gasteiger charge is -2.12. The minimum absolute atomic E-state index is 0.540. The van der Waals surface area contributed by atoms with Gasteiger partial charge in [0, 0.05) is 23.8 Å². The first-order valence-corrected chi connectivity index (χ1v) is 9.70. The van der Waals surface area contributed by atoms with Crippen LogP contribution in [0.25, 0.3) is 16.2 Å². The highest BCUT2D eigenvalue weighted by atomic mass is 35.5. The molecule has 0 saturated heterocycles. The van der Waals surface area contributed by atoms with Gasteiger partial charge in [-0.05, 0) is 24.6 Å². The van der Waals surface area contributed by atoms with Gasteiger partial charge in [0.25, 0.3) is 0 Å². The fourth-order valence-electron chi connectivity index (χ4n) is 2.86. The molecule has 0 atom stereocenters. The Kier molecular flexibility index (Phi) is 5.06. The van der Waals surface area contributed by atoms with E-state index in [0.717, 1.165) is 20.7 Å². The standard InChI is InChI=1S/C19H18ClN5O2S/c1-11-16(20)15-17(22-9-12-4-5-13(26-2)14(8-12)27-3)23-19(24-18(15)28-11)25-7-6-21-10-25/h4-8,10H,9H2,1-3H3,(H,22,23,24). The van der Waals surface area contributed by atoms with E-state index in [2.05, 4.69) is 20.3 Å². The van der Waals surface area contributed by atoms with Crippen molar-refractivity contribution in [3.8, 4) is 17.4 Å². The molecule has 4 aromatic rings. The fourth-order valence-corrected chi connectivity index (χ4v) is 4.12. The lowest BCUT2D eigenvalue weighted by molar-refractivity contribution is 0.354. The largest absolute Gasteiger partial charge is 0.493 e. The molecule has 0 aliphatic carbocycles. The molecule has 7 nitrogen and oxygen atoms in total. The van der Waals surface area contributed by atoms with Crippen molar-refractivity contribution < 1.29 is 9.47 Å². The van der Waals surface area contributed by atoms with E-state index in [1.54, 1.807) is 48.8 Å². The van der Waals surface area contributed by atoms with Gasteiger partial charge in [-0.15, -0.1) is 11.3 Å². The number of nitrogens with one attached hydrogen (secondary N) is 1. The van der Waals surface area contributed by atoms with E-state index in [9.17, 15) is 0 Å². The first-order chi connectivity index (χ1) is 13.6. The van der Waals surface area contributed by atoms with Crippen molar-refractivity contribution >= 4 is 39.0 Å². The number of hydrogen-bond donors (Lipinski definition) is 1. The van der Waals surface area contributed by atoms with E-state index >= 15 is 0 Å². The normalized spacial score (nSPS) is 11.0. The van der Waals surface area contributed by atoms with E-state index in [1.807, 2.05) is 25.1 Å². The first kappa shape index (κ1) is 18.5.